The van der Waals surface area contributed by atoms with Gasteiger partial charge < -0.3 is 10.0 Å². The van der Waals surface area contributed by atoms with Crippen molar-refractivity contribution in [1.82, 2.24) is 5.43 Å². The Morgan fingerprint density at radius 1 is 1.33 bits per heavy atom. The molecule has 0 saturated carbocycles. The van der Waals surface area contributed by atoms with E-state index in [1.165, 1.54) is 0 Å². The first-order chi connectivity index (χ1) is 10.0. The number of nitrogen functional groups attached to an aromatic ring is 1. The third-order valence-corrected chi connectivity index (χ3v) is 3.86. The second-order valence-electron chi connectivity index (χ2n) is 4.66. The van der Waals surface area contributed by atoms with Crippen LogP contribution in [0.2, 0.25) is 0 Å². The maximum Gasteiger partial charge on any atom is 0.265 e. The van der Waals surface area contributed by atoms with Gasteiger partial charge in [0.05, 0.1) is 0 Å². The zero-order valence-electron chi connectivity index (χ0n) is 11.5. The number of nitrogens with one attached hydrogen (secondary N) is 1. The van der Waals surface area contributed by atoms with Crippen molar-refractivity contribution >= 4 is 27.5 Å². The molecule has 0 aliphatic carbocycles. The molecule has 0 unspecified atom stereocenters. The minimum absolute atomic E-state index is 0.230. The van der Waals surface area contributed by atoms with Gasteiger partial charge in [0.15, 0.2) is 0 Å². The number of nitrogens with two attached hydrogens (primary N) is 1. The summed E-state index contributed by atoms with van der Waals surface area (Å²) in [5.41, 5.74) is 4.53. The van der Waals surface area contributed by atoms with Crippen molar-refractivity contribution in [1.29, 1.82) is 0 Å². The Balaban J connectivity index is 2.18. The second kappa shape index (κ2) is 6.60. The van der Waals surface area contributed by atoms with E-state index >= 15 is 0 Å². The zero-order valence-corrected chi connectivity index (χ0v) is 13.1. The summed E-state index contributed by atoms with van der Waals surface area (Å²) in [6, 6.07) is 12.4. The number of rotatable bonds is 4. The number of nitrogens with zero attached hydrogens (tertiary/aromatic N) is 1. The van der Waals surface area contributed by atoms with Crippen molar-refractivity contribution in [2.24, 2.45) is 5.84 Å². The normalized spacial score (nSPS) is 10.2. The van der Waals surface area contributed by atoms with Crippen LogP contribution in [-0.4, -0.2) is 18.1 Å². The van der Waals surface area contributed by atoms with Gasteiger partial charge in [0.1, 0.15) is 5.75 Å². The van der Waals surface area contributed by atoms with Gasteiger partial charge in [0.25, 0.3) is 5.91 Å². The fourth-order valence-electron chi connectivity index (χ4n) is 1.98. The third-order valence-electron chi connectivity index (χ3n) is 3.12. The lowest BCUT2D eigenvalue weighted by Gasteiger charge is -2.20. The monoisotopic (exact) mass is 349 g/mol. The predicted octanol–water partition coefficient (Wildman–Crippen LogP) is 2.39. The van der Waals surface area contributed by atoms with Crippen molar-refractivity contribution in [3.05, 3.63) is 58.1 Å². The smallest absolute Gasteiger partial charge is 0.265 e. The van der Waals surface area contributed by atoms with Crippen LogP contribution in [0.3, 0.4) is 0 Å². The molecule has 0 radical (unpaired) electrons. The molecule has 4 N–H and O–H groups in total. The molecule has 0 atom stereocenters. The van der Waals surface area contributed by atoms with Crippen LogP contribution in [0.15, 0.2) is 46.9 Å². The summed E-state index contributed by atoms with van der Waals surface area (Å²) in [5, 5.41) is 9.52. The number of carbonyl (C=O) groups excluding carboxylic acids is 1. The van der Waals surface area contributed by atoms with Gasteiger partial charge >= 0.3 is 0 Å². The van der Waals surface area contributed by atoms with Gasteiger partial charge in [-0.3, -0.25) is 10.2 Å². The molecule has 0 spiro atoms. The van der Waals surface area contributed by atoms with E-state index in [1.807, 2.05) is 24.1 Å². The molecule has 5 nitrogen and oxygen atoms in total. The molecular formula is C15H16BrN3O2. The summed E-state index contributed by atoms with van der Waals surface area (Å²) in [4.78, 5) is 13.5. The Kier molecular flexibility index (Phi) is 4.82. The highest BCUT2D eigenvalue weighted by atomic mass is 79.9. The molecule has 2 aromatic carbocycles. The lowest BCUT2D eigenvalue weighted by molar-refractivity contribution is 0.0953. The lowest BCUT2D eigenvalue weighted by atomic mass is 10.1. The van der Waals surface area contributed by atoms with E-state index in [-0.39, 0.29) is 11.7 Å². The summed E-state index contributed by atoms with van der Waals surface area (Å²) in [6.07, 6.45) is 0. The zero-order chi connectivity index (χ0) is 15.4. The van der Waals surface area contributed by atoms with Crippen LogP contribution in [0.1, 0.15) is 15.9 Å². The molecule has 0 bridgehead atoms. The van der Waals surface area contributed by atoms with Crippen LogP contribution in [0.25, 0.3) is 0 Å². The summed E-state index contributed by atoms with van der Waals surface area (Å²) >= 11 is 3.46. The molecule has 0 aliphatic rings. The van der Waals surface area contributed by atoms with Crippen LogP contribution in [-0.2, 0) is 6.54 Å². The Morgan fingerprint density at radius 3 is 2.71 bits per heavy atom. The highest BCUT2D eigenvalue weighted by molar-refractivity contribution is 9.10. The summed E-state index contributed by atoms with van der Waals surface area (Å²) in [6.45, 7) is 0.633. The molecule has 1 amide bonds. The fourth-order valence-corrected chi connectivity index (χ4v) is 2.48. The van der Waals surface area contributed by atoms with Crippen LogP contribution in [0, 0.1) is 0 Å². The minimum atomic E-state index is -0.330. The predicted molar refractivity (Wildman–Crippen MR) is 86.0 cm³/mol. The molecule has 0 heterocycles. The first-order valence-electron chi connectivity index (χ1n) is 6.31. The number of phenolic OH excluding ortho intramolecular Hbond substituents is 1. The maximum absolute atomic E-state index is 11.5. The van der Waals surface area contributed by atoms with Crippen molar-refractivity contribution in [3.63, 3.8) is 0 Å². The third kappa shape index (κ3) is 3.74. The largest absolute Gasteiger partial charge is 0.508 e. The van der Waals surface area contributed by atoms with Gasteiger partial charge in [-0.25, -0.2) is 5.84 Å². The molecule has 0 saturated heterocycles. The van der Waals surface area contributed by atoms with Crippen LogP contribution < -0.4 is 16.2 Å². The highest BCUT2D eigenvalue weighted by Gasteiger charge is 2.09. The van der Waals surface area contributed by atoms with Crippen LogP contribution in [0.5, 0.6) is 5.75 Å². The van der Waals surface area contributed by atoms with E-state index in [0.717, 1.165) is 15.7 Å². The highest BCUT2D eigenvalue weighted by Crippen LogP contribution is 2.24. The number of carbonyl (C=O) groups is 1. The van der Waals surface area contributed by atoms with Gasteiger partial charge in [-0.15, -0.1) is 0 Å². The fraction of sp³-hybridized carbons (Fsp3) is 0.133. The maximum atomic E-state index is 11.5. The number of halogens is 1. The van der Waals surface area contributed by atoms with Gasteiger partial charge in [-0.1, -0.05) is 28.1 Å². The lowest BCUT2D eigenvalue weighted by Crippen LogP contribution is -2.30. The van der Waals surface area contributed by atoms with E-state index in [4.69, 9.17) is 5.84 Å². The Morgan fingerprint density at radius 2 is 2.10 bits per heavy atom. The molecule has 2 rings (SSSR count). The van der Waals surface area contributed by atoms with Crippen LogP contribution in [0.4, 0.5) is 5.69 Å². The van der Waals surface area contributed by atoms with Crippen molar-refractivity contribution in [2.75, 3.05) is 11.9 Å². The number of amides is 1. The van der Waals surface area contributed by atoms with Gasteiger partial charge in [-0.2, -0.15) is 0 Å². The summed E-state index contributed by atoms with van der Waals surface area (Å²) in [7, 11) is 1.93. The van der Waals surface area contributed by atoms with Crippen molar-refractivity contribution < 1.29 is 9.90 Å². The Labute approximate surface area is 131 Å². The second-order valence-corrected chi connectivity index (χ2v) is 5.51. The first kappa shape index (κ1) is 15.3. The number of benzene rings is 2. The molecule has 0 aliphatic heterocycles. The Hall–Kier alpha value is -2.05. The number of aromatic hydroxyl groups is 1. The standard InChI is InChI=1S/C15H16BrN3O2/c1-19(12-3-2-4-13(20)8-12)9-11-6-5-10(7-14(11)16)15(21)18-17/h2-8,20H,9,17H2,1H3,(H,18,21). The quantitative estimate of drug-likeness (QED) is 0.450. The average molecular weight is 350 g/mol. The van der Waals surface area contributed by atoms with E-state index < -0.39 is 0 Å². The SMILES string of the molecule is CN(Cc1ccc(C(=O)NN)cc1Br)c1cccc(O)c1. The summed E-state index contributed by atoms with van der Waals surface area (Å²) in [5.74, 6) is 5.02. The molecular weight excluding hydrogens is 334 g/mol. The summed E-state index contributed by atoms with van der Waals surface area (Å²) < 4.78 is 0.829. The number of hydrazine groups is 1. The van der Waals surface area contributed by atoms with E-state index in [2.05, 4.69) is 21.4 Å². The number of hydrogen-bond acceptors (Lipinski definition) is 4. The molecule has 110 valence electrons. The van der Waals surface area contributed by atoms with E-state index in [1.54, 1.807) is 30.3 Å². The van der Waals surface area contributed by atoms with Gasteiger partial charge in [0.2, 0.25) is 0 Å². The van der Waals surface area contributed by atoms with Crippen molar-refractivity contribution in [2.45, 2.75) is 6.54 Å². The topological polar surface area (TPSA) is 78.6 Å². The van der Waals surface area contributed by atoms with Crippen LogP contribution >= 0.6 is 15.9 Å². The average Bonchev–Trinajstić information content (AvgIpc) is 2.48. The molecule has 0 aromatic heterocycles. The number of hydrogen-bond donors (Lipinski definition) is 3. The molecule has 21 heavy (non-hydrogen) atoms. The number of anilines is 1. The molecule has 2 aromatic rings. The first-order valence-corrected chi connectivity index (χ1v) is 7.10. The molecule has 6 heteroatoms. The van der Waals surface area contributed by atoms with Crippen molar-refractivity contribution in [3.8, 4) is 5.75 Å². The Bertz CT molecular complexity index is 661. The number of phenols is 1. The minimum Gasteiger partial charge on any atom is -0.508 e. The van der Waals surface area contributed by atoms with Gasteiger partial charge in [-0.05, 0) is 29.8 Å². The molecule has 0 fully saturated rings. The van der Waals surface area contributed by atoms with Gasteiger partial charge in [0, 0.05) is 35.4 Å². The van der Waals surface area contributed by atoms with E-state index in [0.29, 0.717) is 12.1 Å². The van der Waals surface area contributed by atoms with E-state index in [9.17, 15) is 9.90 Å².